The molecule has 0 saturated carbocycles. The smallest absolute Gasteiger partial charge is 0.644 e. The number of rotatable bonds is 1. The first-order valence-corrected chi connectivity index (χ1v) is 5.56. The Morgan fingerprint density at radius 3 is 1.25 bits per heavy atom. The molecule has 0 saturated heterocycles. The molecule has 0 aromatic heterocycles. The van der Waals surface area contributed by atoms with Gasteiger partial charge in [0.05, 0.1) is 8.87 Å². The van der Waals surface area contributed by atoms with Gasteiger partial charge >= 0.3 is 51.4 Å². The summed E-state index contributed by atoms with van der Waals surface area (Å²) in [5, 5.41) is 0. The Bertz CT molecular complexity index is 501. The van der Waals surface area contributed by atoms with Crippen molar-refractivity contribution in [2.45, 2.75) is 4.90 Å². The minimum absolute atomic E-state index is 0. The van der Waals surface area contributed by atoms with Crippen molar-refractivity contribution in [3.63, 3.8) is 0 Å². The maximum Gasteiger partial charge on any atom is 1.00 e. The molecule has 0 spiro atoms. The van der Waals surface area contributed by atoms with E-state index in [-0.39, 0.29) is 51.4 Å². The molecule has 1 aromatic carbocycles. The summed E-state index contributed by atoms with van der Waals surface area (Å²) < 4.78 is 84.0. The Labute approximate surface area is 134 Å². The van der Waals surface area contributed by atoms with E-state index >= 15 is 0 Å². The predicted octanol–water partition coefficient (Wildman–Crippen LogP) is -1.38. The van der Waals surface area contributed by atoms with Crippen LogP contribution in [0.5, 0.6) is 0 Å². The van der Waals surface area contributed by atoms with Crippen LogP contribution in [0.2, 0.25) is 0 Å². The van der Waals surface area contributed by atoms with Gasteiger partial charge in [0.2, 0.25) is 5.82 Å². The molecule has 0 aliphatic heterocycles. The summed E-state index contributed by atoms with van der Waals surface area (Å²) in [5.41, 5.74) is 0. The predicted molar refractivity (Wildman–Crippen MR) is 40.8 cm³/mol. The summed E-state index contributed by atoms with van der Waals surface area (Å²) in [6, 6.07) is 0. The van der Waals surface area contributed by atoms with Crippen molar-refractivity contribution in [2.24, 2.45) is 0 Å². The molecule has 0 aliphatic carbocycles. The van der Waals surface area contributed by atoms with E-state index in [9.17, 15) is 30.4 Å². The summed E-state index contributed by atoms with van der Waals surface area (Å²) in [6.45, 7) is 0. The largest absolute Gasteiger partial charge is 1.00 e. The fraction of sp³-hybridized carbons (Fsp3) is 0. The molecule has 10 heteroatoms. The van der Waals surface area contributed by atoms with Crippen LogP contribution in [0.15, 0.2) is 4.90 Å². The van der Waals surface area contributed by atoms with E-state index in [1.54, 1.807) is 0 Å². The Kier molecular flexibility index (Phi) is 5.92. The molecule has 84 valence electrons. The molecule has 0 aliphatic rings. The van der Waals surface area contributed by atoms with Gasteiger partial charge in [-0.1, -0.05) is 0 Å². The van der Waals surface area contributed by atoms with Crippen LogP contribution in [0.4, 0.5) is 22.0 Å². The molecule has 0 atom stereocenters. The molecule has 0 amide bonds. The molecule has 1 aromatic rings. The van der Waals surface area contributed by atoms with Gasteiger partial charge in [-0.2, -0.15) is 0 Å². The van der Waals surface area contributed by atoms with Gasteiger partial charge in [0.1, 0.15) is 4.90 Å². The molecule has 2 nitrogen and oxygen atoms in total. The van der Waals surface area contributed by atoms with Crippen LogP contribution in [-0.4, -0.2) is 8.42 Å². The van der Waals surface area contributed by atoms with Crippen molar-refractivity contribution in [1.82, 2.24) is 0 Å². The van der Waals surface area contributed by atoms with Crippen LogP contribution in [0.3, 0.4) is 0 Å². The van der Waals surface area contributed by atoms with Gasteiger partial charge in [0, 0.05) is 0 Å². The minimum Gasteiger partial charge on any atom is -0.644 e. The van der Waals surface area contributed by atoms with E-state index in [1.807, 2.05) is 0 Å². The second-order valence-corrected chi connectivity index (χ2v) is 4.99. The second-order valence-electron chi connectivity index (χ2n) is 2.35. The molecule has 0 heterocycles. The van der Waals surface area contributed by atoms with Gasteiger partial charge in [0.25, 0.3) is 0 Å². The van der Waals surface area contributed by atoms with E-state index in [1.165, 1.54) is 0 Å². The van der Waals surface area contributed by atoms with E-state index in [0.29, 0.717) is 0 Å². The number of halogens is 5. The second kappa shape index (κ2) is 5.63. The van der Waals surface area contributed by atoms with Crippen molar-refractivity contribution in [1.29, 1.82) is 0 Å². The quantitative estimate of drug-likeness (QED) is 0.160. The summed E-state index contributed by atoms with van der Waals surface area (Å²) in [5.74, 6) is -12.1. The van der Waals surface area contributed by atoms with Crippen LogP contribution < -0.4 is 51.4 Å². The molecule has 16 heavy (non-hydrogen) atoms. The van der Waals surface area contributed by atoms with Crippen LogP contribution >= 0.6 is 0 Å². The van der Waals surface area contributed by atoms with Crippen molar-refractivity contribution in [3.8, 4) is 0 Å². The zero-order valence-electron chi connectivity index (χ0n) is 7.52. The van der Waals surface area contributed by atoms with E-state index in [2.05, 4.69) is 11.7 Å². The Balaban J connectivity index is 0.00000225. The van der Waals surface area contributed by atoms with E-state index in [0.717, 1.165) is 0 Å². The van der Waals surface area contributed by atoms with Crippen molar-refractivity contribution in [3.05, 3.63) is 29.1 Å². The van der Waals surface area contributed by atoms with Crippen LogP contribution in [0.25, 0.3) is 0 Å². The molecule has 0 bridgehead atoms. The van der Waals surface area contributed by atoms with E-state index < -0.39 is 42.9 Å². The van der Waals surface area contributed by atoms with Gasteiger partial charge in [-0.05, 0) is 0 Å². The monoisotopic (exact) mass is 302 g/mol. The molecule has 0 fully saturated rings. The Morgan fingerprint density at radius 1 is 0.750 bits per heavy atom. The maximum absolute atomic E-state index is 12.7. The zero-order chi connectivity index (χ0) is 12.0. The van der Waals surface area contributed by atoms with Crippen molar-refractivity contribution < 1.29 is 81.8 Å². The molecular weight excluding hydrogens is 302 g/mol. The van der Waals surface area contributed by atoms with Gasteiger partial charge in [0.15, 0.2) is 23.3 Å². The standard InChI is InChI=1S/C6HF5O2S2.K/c7-1-2(8)4(10)6(15(12,13)14)5(11)3(1)9;/h(H,12,13,14);/q;+1/p-1. The van der Waals surface area contributed by atoms with Crippen LogP contribution in [0.1, 0.15) is 0 Å². The third kappa shape index (κ3) is 2.97. The topological polar surface area (TPSA) is 34.1 Å². The van der Waals surface area contributed by atoms with Gasteiger partial charge in [-0.15, -0.1) is 0 Å². The SMILES string of the molecule is O=S(=O)([S-])c1c(F)c(F)c(F)c(F)c1F.[K+]. The molecule has 0 radical (unpaired) electrons. The average Bonchev–Trinajstić information content (AvgIpc) is 2.09. The van der Waals surface area contributed by atoms with Crippen molar-refractivity contribution >= 4 is 20.5 Å². The first-order chi connectivity index (χ1) is 6.68. The summed E-state index contributed by atoms with van der Waals surface area (Å²) in [7, 11) is -4.94. The molecule has 1 rings (SSSR count). The summed E-state index contributed by atoms with van der Waals surface area (Å²) in [4.78, 5) is -2.01. The van der Waals surface area contributed by atoms with Crippen LogP contribution in [0, 0.1) is 29.1 Å². The number of benzene rings is 1. The summed E-state index contributed by atoms with van der Waals surface area (Å²) in [6.07, 6.45) is 0. The first-order valence-electron chi connectivity index (χ1n) is 3.15. The molecule has 0 unspecified atom stereocenters. The van der Waals surface area contributed by atoms with Crippen LogP contribution in [-0.2, 0) is 20.5 Å². The first kappa shape index (κ1) is 16.8. The minimum atomic E-state index is -4.94. The van der Waals surface area contributed by atoms with Gasteiger partial charge in [-0.25, -0.2) is 30.4 Å². The maximum atomic E-state index is 12.7. The van der Waals surface area contributed by atoms with Crippen molar-refractivity contribution in [2.75, 3.05) is 0 Å². The number of hydrogen-bond donors (Lipinski definition) is 0. The Morgan fingerprint density at radius 2 is 1.00 bits per heavy atom. The normalized spacial score (nSPS) is 11.1. The molecule has 0 N–H and O–H groups in total. The zero-order valence-corrected chi connectivity index (χ0v) is 12.3. The van der Waals surface area contributed by atoms with Gasteiger partial charge < -0.3 is 11.7 Å². The number of hydrogen-bond acceptors (Lipinski definition) is 3. The average molecular weight is 302 g/mol. The molecular formula is C6F5KO2S2. The fourth-order valence-corrected chi connectivity index (χ4v) is 1.86. The summed E-state index contributed by atoms with van der Waals surface area (Å²) >= 11 is 3.63. The fourth-order valence-electron chi connectivity index (χ4n) is 0.804. The third-order valence-electron chi connectivity index (χ3n) is 1.42. The Hall–Kier alpha value is 0.806. The third-order valence-corrected chi connectivity index (χ3v) is 2.78. The van der Waals surface area contributed by atoms with Gasteiger partial charge in [-0.3, -0.25) is 0 Å². The van der Waals surface area contributed by atoms with E-state index in [4.69, 9.17) is 0 Å².